The van der Waals surface area contributed by atoms with Crippen molar-refractivity contribution >= 4 is 5.57 Å². The van der Waals surface area contributed by atoms with Crippen molar-refractivity contribution in [2.24, 2.45) is 0 Å². The molecular formula is C7H7FN2. The van der Waals surface area contributed by atoms with E-state index in [1.54, 1.807) is 6.92 Å². The highest BCUT2D eigenvalue weighted by Gasteiger charge is 1.95. The van der Waals surface area contributed by atoms with Crippen molar-refractivity contribution in [3.05, 3.63) is 30.6 Å². The lowest BCUT2D eigenvalue weighted by atomic mass is 10.3. The fraction of sp³-hybridized carbons (Fsp3) is 0.143. The van der Waals surface area contributed by atoms with Crippen molar-refractivity contribution in [2.45, 2.75) is 6.92 Å². The van der Waals surface area contributed by atoms with Gasteiger partial charge in [0.1, 0.15) is 0 Å². The van der Waals surface area contributed by atoms with E-state index >= 15 is 0 Å². The minimum atomic E-state index is -0.426. The molecule has 0 radical (unpaired) electrons. The van der Waals surface area contributed by atoms with Crippen LogP contribution in [0.4, 0.5) is 4.39 Å². The Morgan fingerprint density at radius 1 is 1.50 bits per heavy atom. The van der Waals surface area contributed by atoms with Crippen molar-refractivity contribution < 1.29 is 4.39 Å². The van der Waals surface area contributed by atoms with Crippen LogP contribution in [0.25, 0.3) is 5.57 Å². The Bertz CT molecular complexity index is 240. The number of hydrogen-bond acceptors (Lipinski definition) is 2. The molecule has 3 heteroatoms. The van der Waals surface area contributed by atoms with Gasteiger partial charge < -0.3 is 0 Å². The second-order valence-corrected chi connectivity index (χ2v) is 2.01. The lowest BCUT2D eigenvalue weighted by Crippen LogP contribution is -1.90. The number of halogens is 1. The Hall–Kier alpha value is -1.25. The minimum absolute atomic E-state index is 0.426. The summed E-state index contributed by atoms with van der Waals surface area (Å²) >= 11 is 0. The third kappa shape index (κ3) is 1.37. The van der Waals surface area contributed by atoms with Gasteiger partial charge in [-0.25, -0.2) is 14.4 Å². The maximum atomic E-state index is 12.2. The van der Waals surface area contributed by atoms with Crippen LogP contribution in [0, 0.1) is 5.82 Å². The van der Waals surface area contributed by atoms with Crippen molar-refractivity contribution in [3.8, 4) is 0 Å². The van der Waals surface area contributed by atoms with Gasteiger partial charge in [0.15, 0.2) is 11.6 Å². The van der Waals surface area contributed by atoms with Crippen molar-refractivity contribution in [1.29, 1.82) is 0 Å². The molecular weight excluding hydrogens is 131 g/mol. The standard InChI is InChI=1S/C7H7FN2/c1-5(2)7-9-3-6(8)4-10-7/h3-4H,1H2,2H3. The summed E-state index contributed by atoms with van der Waals surface area (Å²) in [5.74, 6) is 0.0615. The molecule has 1 rings (SSSR count). The summed E-state index contributed by atoms with van der Waals surface area (Å²) < 4.78 is 12.2. The highest BCUT2D eigenvalue weighted by atomic mass is 19.1. The molecule has 1 heterocycles. The summed E-state index contributed by atoms with van der Waals surface area (Å²) in [6.07, 6.45) is 2.24. The van der Waals surface area contributed by atoms with Crippen LogP contribution in [-0.4, -0.2) is 9.97 Å². The van der Waals surface area contributed by atoms with Gasteiger partial charge in [-0.3, -0.25) is 0 Å². The predicted octanol–water partition coefficient (Wildman–Crippen LogP) is 1.65. The van der Waals surface area contributed by atoms with Gasteiger partial charge in [-0.05, 0) is 12.5 Å². The van der Waals surface area contributed by atoms with E-state index in [2.05, 4.69) is 16.5 Å². The van der Waals surface area contributed by atoms with Crippen LogP contribution >= 0.6 is 0 Å². The SMILES string of the molecule is C=C(C)c1ncc(F)cn1. The summed E-state index contributed by atoms with van der Waals surface area (Å²) in [6, 6.07) is 0. The third-order valence-electron chi connectivity index (χ3n) is 1.00. The van der Waals surface area contributed by atoms with E-state index in [0.717, 1.165) is 18.0 Å². The first kappa shape index (κ1) is 6.86. The first-order valence-corrected chi connectivity index (χ1v) is 2.83. The van der Waals surface area contributed by atoms with Gasteiger partial charge in [0.2, 0.25) is 0 Å². The monoisotopic (exact) mass is 138 g/mol. The molecule has 1 aromatic heterocycles. The highest BCUT2D eigenvalue weighted by Crippen LogP contribution is 2.02. The molecule has 0 saturated carbocycles. The van der Waals surface area contributed by atoms with Gasteiger partial charge >= 0.3 is 0 Å². The zero-order valence-corrected chi connectivity index (χ0v) is 5.63. The minimum Gasteiger partial charge on any atom is -0.234 e. The Labute approximate surface area is 58.4 Å². The van der Waals surface area contributed by atoms with Crippen LogP contribution in [0.15, 0.2) is 19.0 Å². The molecule has 0 aromatic carbocycles. The lowest BCUT2D eigenvalue weighted by molar-refractivity contribution is 0.612. The number of nitrogens with zero attached hydrogens (tertiary/aromatic N) is 2. The average molecular weight is 138 g/mol. The molecule has 0 atom stereocenters. The molecule has 0 saturated heterocycles. The Morgan fingerprint density at radius 3 is 2.40 bits per heavy atom. The predicted molar refractivity (Wildman–Crippen MR) is 36.7 cm³/mol. The van der Waals surface area contributed by atoms with Gasteiger partial charge in [-0.1, -0.05) is 6.58 Å². The molecule has 0 bridgehead atoms. The van der Waals surface area contributed by atoms with E-state index in [1.807, 2.05) is 0 Å². The van der Waals surface area contributed by atoms with Crippen LogP contribution in [0.1, 0.15) is 12.7 Å². The summed E-state index contributed by atoms with van der Waals surface area (Å²) in [5.41, 5.74) is 0.736. The molecule has 0 N–H and O–H groups in total. The first-order chi connectivity index (χ1) is 4.70. The molecule has 1 aromatic rings. The lowest BCUT2D eigenvalue weighted by Gasteiger charge is -1.94. The molecule has 10 heavy (non-hydrogen) atoms. The topological polar surface area (TPSA) is 25.8 Å². The van der Waals surface area contributed by atoms with Gasteiger partial charge in [0, 0.05) is 0 Å². The maximum Gasteiger partial charge on any atom is 0.159 e. The summed E-state index contributed by atoms with van der Waals surface area (Å²) in [6.45, 7) is 5.38. The van der Waals surface area contributed by atoms with E-state index in [-0.39, 0.29) is 0 Å². The molecule has 0 fully saturated rings. The fourth-order valence-electron chi connectivity index (χ4n) is 0.533. The largest absolute Gasteiger partial charge is 0.234 e. The van der Waals surface area contributed by atoms with Crippen molar-refractivity contribution in [3.63, 3.8) is 0 Å². The van der Waals surface area contributed by atoms with Crippen LogP contribution in [0.2, 0.25) is 0 Å². The van der Waals surface area contributed by atoms with E-state index in [0.29, 0.717) is 5.82 Å². The van der Waals surface area contributed by atoms with Crippen LogP contribution < -0.4 is 0 Å². The highest BCUT2D eigenvalue weighted by molar-refractivity contribution is 5.53. The summed E-state index contributed by atoms with van der Waals surface area (Å²) in [4.78, 5) is 7.38. The van der Waals surface area contributed by atoms with E-state index in [4.69, 9.17) is 0 Å². The normalized spacial score (nSPS) is 9.40. The number of hydrogen-bond donors (Lipinski definition) is 0. The van der Waals surface area contributed by atoms with Crippen LogP contribution in [0.5, 0.6) is 0 Å². The van der Waals surface area contributed by atoms with Crippen LogP contribution in [-0.2, 0) is 0 Å². The molecule has 0 amide bonds. The van der Waals surface area contributed by atoms with Gasteiger partial charge in [-0.2, -0.15) is 0 Å². The quantitative estimate of drug-likeness (QED) is 0.589. The molecule has 0 aliphatic rings. The van der Waals surface area contributed by atoms with Gasteiger partial charge in [-0.15, -0.1) is 0 Å². The third-order valence-corrected chi connectivity index (χ3v) is 1.00. The second-order valence-electron chi connectivity index (χ2n) is 2.01. The zero-order valence-electron chi connectivity index (χ0n) is 5.63. The van der Waals surface area contributed by atoms with Gasteiger partial charge in [0.05, 0.1) is 12.4 Å². The molecule has 0 aliphatic heterocycles. The zero-order chi connectivity index (χ0) is 7.56. The average Bonchev–Trinajstić information content (AvgIpc) is 1.88. The van der Waals surface area contributed by atoms with E-state index in [1.165, 1.54) is 0 Å². The first-order valence-electron chi connectivity index (χ1n) is 2.83. The maximum absolute atomic E-state index is 12.2. The number of allylic oxidation sites excluding steroid dienone is 1. The molecule has 0 aliphatic carbocycles. The summed E-state index contributed by atoms with van der Waals surface area (Å²) in [7, 11) is 0. The van der Waals surface area contributed by atoms with Gasteiger partial charge in [0.25, 0.3) is 0 Å². The van der Waals surface area contributed by atoms with E-state index in [9.17, 15) is 4.39 Å². The molecule has 0 unspecified atom stereocenters. The van der Waals surface area contributed by atoms with Crippen molar-refractivity contribution in [1.82, 2.24) is 9.97 Å². The van der Waals surface area contributed by atoms with E-state index < -0.39 is 5.82 Å². The number of aromatic nitrogens is 2. The number of rotatable bonds is 1. The molecule has 2 nitrogen and oxygen atoms in total. The molecule has 0 spiro atoms. The Morgan fingerprint density at radius 2 is 2.00 bits per heavy atom. The smallest absolute Gasteiger partial charge is 0.159 e. The summed E-state index contributed by atoms with van der Waals surface area (Å²) in [5, 5.41) is 0. The van der Waals surface area contributed by atoms with Crippen LogP contribution in [0.3, 0.4) is 0 Å². The van der Waals surface area contributed by atoms with Crippen molar-refractivity contribution in [2.75, 3.05) is 0 Å². The molecule has 52 valence electrons. The second kappa shape index (κ2) is 2.56. The Balaban J connectivity index is 3.00. The Kier molecular flexibility index (Phi) is 1.76. The fourth-order valence-corrected chi connectivity index (χ4v) is 0.533.